The predicted molar refractivity (Wildman–Crippen MR) is 98.3 cm³/mol. The van der Waals surface area contributed by atoms with E-state index in [1.165, 1.54) is 20.4 Å². The average Bonchev–Trinajstić information content (AvgIpc) is 2.63. The van der Waals surface area contributed by atoms with Crippen LogP contribution in [0.5, 0.6) is 17.2 Å². The highest BCUT2D eigenvalue weighted by atomic mass is 16.5. The summed E-state index contributed by atoms with van der Waals surface area (Å²) in [6, 6.07) is 11.8. The number of ether oxygens (including phenoxy) is 2. The first-order chi connectivity index (χ1) is 12.5. The Morgan fingerprint density at radius 3 is 2.54 bits per heavy atom. The Kier molecular flexibility index (Phi) is 6.06. The summed E-state index contributed by atoms with van der Waals surface area (Å²) in [4.78, 5) is 12.4. The minimum absolute atomic E-state index is 0.0217. The minimum atomic E-state index is -0.627. The quantitative estimate of drug-likeness (QED) is 0.419. The number of amides is 1. The zero-order chi connectivity index (χ0) is 19.1. The van der Waals surface area contributed by atoms with E-state index in [2.05, 4.69) is 10.6 Å². The van der Waals surface area contributed by atoms with E-state index in [4.69, 9.17) is 9.47 Å². The number of nitrogens with zero attached hydrogens (tertiary/aromatic N) is 1. The molecule has 0 saturated heterocycles. The number of anilines is 2. The third-order valence-corrected chi connectivity index (χ3v) is 3.55. The van der Waals surface area contributed by atoms with Crippen LogP contribution in [0, 0.1) is 18.3 Å². The van der Waals surface area contributed by atoms with E-state index in [0.29, 0.717) is 22.9 Å². The molecule has 1 amide bonds. The molecule has 7 heteroatoms. The lowest BCUT2D eigenvalue weighted by Gasteiger charge is -2.11. The molecule has 0 bridgehead atoms. The maximum atomic E-state index is 12.4. The number of carbonyl (C=O) groups excluding carboxylic acids is 1. The fourth-order valence-corrected chi connectivity index (χ4v) is 2.16. The summed E-state index contributed by atoms with van der Waals surface area (Å²) in [6.45, 7) is 1.84. The van der Waals surface area contributed by atoms with Crippen molar-refractivity contribution >= 4 is 17.3 Å². The van der Waals surface area contributed by atoms with Gasteiger partial charge in [-0.05, 0) is 36.8 Å². The molecule has 134 valence electrons. The normalized spacial score (nSPS) is 10.6. The SMILES string of the molecule is COc1ccc(OC)c(NC(=O)/C(C#N)=C\Nc2ccc(C)cc2O)c1. The molecule has 2 aromatic carbocycles. The maximum absolute atomic E-state index is 12.4. The van der Waals surface area contributed by atoms with Crippen molar-refractivity contribution in [3.05, 3.63) is 53.7 Å². The van der Waals surface area contributed by atoms with E-state index in [9.17, 15) is 15.2 Å². The van der Waals surface area contributed by atoms with Crippen LogP contribution in [-0.2, 0) is 4.79 Å². The lowest BCUT2D eigenvalue weighted by atomic mass is 10.2. The molecule has 26 heavy (non-hydrogen) atoms. The zero-order valence-electron chi connectivity index (χ0n) is 14.7. The molecule has 2 rings (SSSR count). The number of rotatable bonds is 6. The van der Waals surface area contributed by atoms with Crippen molar-refractivity contribution in [2.45, 2.75) is 6.92 Å². The van der Waals surface area contributed by atoms with Crippen LogP contribution in [0.25, 0.3) is 0 Å². The monoisotopic (exact) mass is 353 g/mol. The Balaban J connectivity index is 2.20. The van der Waals surface area contributed by atoms with Crippen molar-refractivity contribution in [3.63, 3.8) is 0 Å². The topological polar surface area (TPSA) is 104 Å². The van der Waals surface area contributed by atoms with Crippen molar-refractivity contribution in [2.75, 3.05) is 24.9 Å². The van der Waals surface area contributed by atoms with Gasteiger partial charge in [0.15, 0.2) is 0 Å². The van der Waals surface area contributed by atoms with Gasteiger partial charge in [0.25, 0.3) is 5.91 Å². The largest absolute Gasteiger partial charge is 0.506 e. The molecule has 0 aliphatic carbocycles. The molecule has 0 radical (unpaired) electrons. The Bertz CT molecular complexity index is 885. The second-order valence-corrected chi connectivity index (χ2v) is 5.36. The van der Waals surface area contributed by atoms with E-state index in [0.717, 1.165) is 5.56 Å². The number of nitrogens with one attached hydrogen (secondary N) is 2. The van der Waals surface area contributed by atoms with Crippen molar-refractivity contribution in [2.24, 2.45) is 0 Å². The lowest BCUT2D eigenvalue weighted by Crippen LogP contribution is -2.15. The third-order valence-electron chi connectivity index (χ3n) is 3.55. The molecule has 0 heterocycles. The van der Waals surface area contributed by atoms with Gasteiger partial charge in [0, 0.05) is 12.3 Å². The number of methoxy groups -OCH3 is 2. The first-order valence-electron chi connectivity index (χ1n) is 7.68. The van der Waals surface area contributed by atoms with Gasteiger partial charge in [0.05, 0.1) is 25.6 Å². The Morgan fingerprint density at radius 2 is 1.92 bits per heavy atom. The fourth-order valence-electron chi connectivity index (χ4n) is 2.16. The Morgan fingerprint density at radius 1 is 1.15 bits per heavy atom. The average molecular weight is 353 g/mol. The number of nitriles is 1. The lowest BCUT2D eigenvalue weighted by molar-refractivity contribution is -0.112. The number of aromatic hydroxyl groups is 1. The van der Waals surface area contributed by atoms with Crippen molar-refractivity contribution < 1.29 is 19.4 Å². The van der Waals surface area contributed by atoms with E-state index >= 15 is 0 Å². The van der Waals surface area contributed by atoms with Crippen LogP contribution in [0.4, 0.5) is 11.4 Å². The van der Waals surface area contributed by atoms with E-state index < -0.39 is 5.91 Å². The van der Waals surface area contributed by atoms with Gasteiger partial charge in [-0.1, -0.05) is 6.07 Å². The van der Waals surface area contributed by atoms with Crippen LogP contribution in [0.1, 0.15) is 5.56 Å². The molecule has 2 aromatic rings. The summed E-state index contributed by atoms with van der Waals surface area (Å²) in [5, 5.41) is 24.5. The van der Waals surface area contributed by atoms with Gasteiger partial charge in [-0.25, -0.2) is 0 Å². The maximum Gasteiger partial charge on any atom is 0.267 e. The molecule has 7 nitrogen and oxygen atoms in total. The molecule has 0 saturated carbocycles. The molecule has 0 spiro atoms. The predicted octanol–water partition coefficient (Wildman–Crippen LogP) is 3.18. The molecular weight excluding hydrogens is 334 g/mol. The van der Waals surface area contributed by atoms with Crippen LogP contribution < -0.4 is 20.1 Å². The number of aryl methyl sites for hydroxylation is 1. The van der Waals surface area contributed by atoms with Gasteiger partial charge in [-0.2, -0.15) is 5.26 Å². The van der Waals surface area contributed by atoms with Gasteiger partial charge in [-0.3, -0.25) is 4.79 Å². The van der Waals surface area contributed by atoms with Crippen molar-refractivity contribution in [1.82, 2.24) is 0 Å². The van der Waals surface area contributed by atoms with Crippen LogP contribution in [0.2, 0.25) is 0 Å². The van der Waals surface area contributed by atoms with Crippen LogP contribution in [0.3, 0.4) is 0 Å². The summed E-state index contributed by atoms with van der Waals surface area (Å²) in [7, 11) is 2.98. The van der Waals surface area contributed by atoms with Crippen LogP contribution in [-0.4, -0.2) is 25.2 Å². The summed E-state index contributed by atoms with van der Waals surface area (Å²) in [6.07, 6.45) is 1.23. The molecule has 3 N–H and O–H groups in total. The number of phenols is 1. The first-order valence-corrected chi connectivity index (χ1v) is 7.68. The summed E-state index contributed by atoms with van der Waals surface area (Å²) < 4.78 is 10.3. The molecule has 0 atom stereocenters. The van der Waals surface area contributed by atoms with Gasteiger partial charge >= 0.3 is 0 Å². The highest BCUT2D eigenvalue weighted by molar-refractivity contribution is 6.07. The number of phenolic OH excluding ortho intramolecular Hbond substituents is 1. The van der Waals surface area contributed by atoms with Gasteiger partial charge in [0.1, 0.15) is 28.9 Å². The number of benzene rings is 2. The number of hydrogen-bond acceptors (Lipinski definition) is 6. The summed E-state index contributed by atoms with van der Waals surface area (Å²) >= 11 is 0. The molecule has 0 fully saturated rings. The second kappa shape index (κ2) is 8.44. The van der Waals surface area contributed by atoms with E-state index in [1.807, 2.05) is 13.0 Å². The highest BCUT2D eigenvalue weighted by Gasteiger charge is 2.13. The number of hydrogen-bond donors (Lipinski definition) is 3. The smallest absolute Gasteiger partial charge is 0.267 e. The van der Waals surface area contributed by atoms with Crippen LogP contribution in [0.15, 0.2) is 48.2 Å². The standard InChI is InChI=1S/C19H19N3O4/c1-12-4-6-15(17(23)8-12)21-11-13(10-20)19(24)22-16-9-14(25-2)5-7-18(16)26-3/h4-9,11,21,23H,1-3H3,(H,22,24)/b13-11-. The Hall–Kier alpha value is -3.66. The fraction of sp³-hybridized carbons (Fsp3) is 0.158. The summed E-state index contributed by atoms with van der Waals surface area (Å²) in [5.41, 5.74) is 1.47. The van der Waals surface area contributed by atoms with Crippen LogP contribution >= 0.6 is 0 Å². The second-order valence-electron chi connectivity index (χ2n) is 5.36. The third kappa shape index (κ3) is 4.45. The molecular formula is C19H19N3O4. The summed E-state index contributed by atoms with van der Waals surface area (Å²) in [5.74, 6) is 0.360. The molecule has 0 unspecified atom stereocenters. The van der Waals surface area contributed by atoms with Crippen molar-refractivity contribution in [1.29, 1.82) is 5.26 Å². The molecule has 0 aliphatic heterocycles. The number of carbonyl (C=O) groups is 1. The Labute approximate surface area is 151 Å². The van der Waals surface area contributed by atoms with Crippen molar-refractivity contribution in [3.8, 4) is 23.3 Å². The van der Waals surface area contributed by atoms with E-state index in [1.54, 1.807) is 36.4 Å². The van der Waals surface area contributed by atoms with Gasteiger partial charge in [-0.15, -0.1) is 0 Å². The first kappa shape index (κ1) is 18.7. The molecule has 0 aromatic heterocycles. The zero-order valence-corrected chi connectivity index (χ0v) is 14.7. The van der Waals surface area contributed by atoms with E-state index in [-0.39, 0.29) is 11.3 Å². The highest BCUT2D eigenvalue weighted by Crippen LogP contribution is 2.29. The molecule has 0 aliphatic rings. The minimum Gasteiger partial charge on any atom is -0.506 e. The van der Waals surface area contributed by atoms with Gasteiger partial charge in [0.2, 0.25) is 0 Å². The van der Waals surface area contributed by atoms with Gasteiger partial charge < -0.3 is 25.2 Å².